The van der Waals surface area contributed by atoms with Gasteiger partial charge in [-0.05, 0) is 91.8 Å². The number of carbonyl (C=O) groups is 2. The molecule has 248 valence electrons. The molecule has 1 saturated heterocycles. The van der Waals surface area contributed by atoms with Crippen molar-refractivity contribution in [2.75, 3.05) is 27.4 Å². The van der Waals surface area contributed by atoms with E-state index in [-0.39, 0.29) is 30.0 Å². The molecule has 1 aliphatic heterocycles. The molecular formula is C32H34F3NO9S. The molecule has 3 aromatic rings. The van der Waals surface area contributed by atoms with E-state index in [4.69, 9.17) is 24.1 Å². The molecule has 0 saturated carbocycles. The third-order valence-corrected chi connectivity index (χ3v) is 9.43. The molecule has 1 fully saturated rings. The number of halogens is 3. The summed E-state index contributed by atoms with van der Waals surface area (Å²) >= 11 is 0. The summed E-state index contributed by atoms with van der Waals surface area (Å²) in [5, 5.41) is 9.01. The molecule has 0 spiro atoms. The lowest BCUT2D eigenvalue weighted by molar-refractivity contribution is -0.155. The predicted octanol–water partition coefficient (Wildman–Crippen LogP) is 5.65. The summed E-state index contributed by atoms with van der Waals surface area (Å²) in [5.41, 5.74) is 0.332. The number of sulfonamides is 1. The highest BCUT2D eigenvalue weighted by atomic mass is 32.2. The number of aryl methyl sites for hydroxylation is 1. The topological polar surface area (TPSA) is 129 Å². The number of nitrogens with zero attached hydrogens (tertiary/aromatic N) is 1. The van der Waals surface area contributed by atoms with Crippen molar-refractivity contribution < 1.29 is 55.2 Å². The quantitative estimate of drug-likeness (QED) is 0.231. The Morgan fingerprint density at radius 2 is 1.70 bits per heavy atom. The Kier molecular flexibility index (Phi) is 11.2. The fraction of sp³-hybridized carbons (Fsp3) is 0.375. The second kappa shape index (κ2) is 14.9. The number of esters is 1. The standard InChI is InChI=1S/C32H34F3NO9S/c1-42-28-16-10-21(18-29(28)43-2)9-15-27(22-6-5-7-24(19-22)44-20-30(37)38)45-31(39)26-8-3-4-17-36(26)46(40,41)25-13-11-23(12-14-25)32(33,34)35/h5-7,10-14,16,18-19,26-27H,3-4,8-9,15,17,20H2,1-2H3,(H,37,38)/t26-,27+/m0/s1. The third-order valence-electron chi connectivity index (χ3n) is 7.51. The molecule has 0 aromatic heterocycles. The molecule has 0 unspecified atom stereocenters. The van der Waals surface area contributed by atoms with E-state index in [1.54, 1.807) is 36.4 Å². The molecule has 2 atom stereocenters. The minimum Gasteiger partial charge on any atom is -0.493 e. The summed E-state index contributed by atoms with van der Waals surface area (Å²) in [4.78, 5) is 24.4. The molecule has 0 bridgehead atoms. The summed E-state index contributed by atoms with van der Waals surface area (Å²) in [5.74, 6) is -0.720. The van der Waals surface area contributed by atoms with Gasteiger partial charge >= 0.3 is 18.1 Å². The zero-order valence-corrected chi connectivity index (χ0v) is 26.0. The van der Waals surface area contributed by atoms with Gasteiger partial charge in [0.2, 0.25) is 10.0 Å². The summed E-state index contributed by atoms with van der Waals surface area (Å²) in [6.07, 6.45) is -3.74. The number of benzene rings is 3. The molecule has 0 radical (unpaired) electrons. The van der Waals surface area contributed by atoms with Crippen molar-refractivity contribution in [3.05, 3.63) is 83.4 Å². The molecule has 1 N–H and O–H groups in total. The van der Waals surface area contributed by atoms with Gasteiger partial charge in [-0.2, -0.15) is 17.5 Å². The molecular weight excluding hydrogens is 631 g/mol. The normalized spacial score (nSPS) is 16.3. The first-order valence-corrected chi connectivity index (χ1v) is 15.8. The van der Waals surface area contributed by atoms with Gasteiger partial charge in [0.1, 0.15) is 17.9 Å². The number of carboxylic acids is 1. The van der Waals surface area contributed by atoms with Gasteiger partial charge < -0.3 is 24.1 Å². The van der Waals surface area contributed by atoms with Crippen LogP contribution in [0.2, 0.25) is 0 Å². The summed E-state index contributed by atoms with van der Waals surface area (Å²) in [7, 11) is -1.33. The number of hydrogen-bond acceptors (Lipinski definition) is 8. The number of carbonyl (C=O) groups excluding carboxylic acids is 1. The molecule has 4 rings (SSSR count). The summed E-state index contributed by atoms with van der Waals surface area (Å²) in [6.45, 7) is -0.601. The van der Waals surface area contributed by atoms with Crippen LogP contribution < -0.4 is 14.2 Å². The fourth-order valence-electron chi connectivity index (χ4n) is 5.18. The van der Waals surface area contributed by atoms with Crippen molar-refractivity contribution >= 4 is 22.0 Å². The lowest BCUT2D eigenvalue weighted by Crippen LogP contribution is -2.48. The van der Waals surface area contributed by atoms with Crippen molar-refractivity contribution in [3.63, 3.8) is 0 Å². The van der Waals surface area contributed by atoms with E-state index in [0.29, 0.717) is 48.5 Å². The van der Waals surface area contributed by atoms with Crippen LogP contribution >= 0.6 is 0 Å². The monoisotopic (exact) mass is 665 g/mol. The summed E-state index contributed by atoms with van der Waals surface area (Å²) in [6, 6.07) is 13.7. The zero-order chi connectivity index (χ0) is 33.5. The number of alkyl halides is 3. The van der Waals surface area contributed by atoms with Gasteiger partial charge in [-0.1, -0.05) is 18.2 Å². The SMILES string of the molecule is COc1ccc(CC[C@@H](OC(=O)[C@@H]2CCCCN2S(=O)(=O)c2ccc(C(F)(F)F)cc2)c2cccc(OCC(=O)O)c2)cc1OC. The molecule has 0 aliphatic carbocycles. The smallest absolute Gasteiger partial charge is 0.416 e. The largest absolute Gasteiger partial charge is 0.493 e. The Morgan fingerprint density at radius 1 is 0.978 bits per heavy atom. The maximum atomic E-state index is 13.7. The van der Waals surface area contributed by atoms with Crippen molar-refractivity contribution in [3.8, 4) is 17.2 Å². The Labute approximate surface area is 264 Å². The van der Waals surface area contributed by atoms with Crippen LogP contribution in [0.3, 0.4) is 0 Å². The van der Waals surface area contributed by atoms with E-state index >= 15 is 0 Å². The van der Waals surface area contributed by atoms with E-state index in [9.17, 15) is 31.2 Å². The Bertz CT molecular complexity index is 1630. The highest BCUT2D eigenvalue weighted by Crippen LogP contribution is 2.34. The maximum absolute atomic E-state index is 13.7. The Morgan fingerprint density at radius 3 is 2.35 bits per heavy atom. The van der Waals surface area contributed by atoms with Gasteiger partial charge in [-0.15, -0.1) is 0 Å². The number of aliphatic carboxylic acids is 1. The van der Waals surface area contributed by atoms with Crippen LogP contribution in [0.1, 0.15) is 48.5 Å². The van der Waals surface area contributed by atoms with E-state index in [2.05, 4.69) is 0 Å². The van der Waals surface area contributed by atoms with Crippen LogP contribution in [-0.4, -0.2) is 63.2 Å². The average molecular weight is 666 g/mol. The fourth-order valence-corrected chi connectivity index (χ4v) is 6.82. The number of hydrogen-bond donors (Lipinski definition) is 1. The molecule has 1 aliphatic rings. The van der Waals surface area contributed by atoms with Gasteiger partial charge in [0.25, 0.3) is 0 Å². The van der Waals surface area contributed by atoms with E-state index in [1.165, 1.54) is 14.2 Å². The Hall–Kier alpha value is -4.30. The van der Waals surface area contributed by atoms with Gasteiger partial charge in [-0.3, -0.25) is 4.79 Å². The van der Waals surface area contributed by atoms with Crippen LogP contribution in [-0.2, 0) is 36.9 Å². The third kappa shape index (κ3) is 8.49. The van der Waals surface area contributed by atoms with E-state index in [1.807, 2.05) is 6.07 Å². The van der Waals surface area contributed by atoms with Crippen LogP contribution in [0.5, 0.6) is 17.2 Å². The number of ether oxygens (including phenoxy) is 4. The molecule has 46 heavy (non-hydrogen) atoms. The van der Waals surface area contributed by atoms with E-state index < -0.39 is 52.5 Å². The number of piperidine rings is 1. The molecule has 14 heteroatoms. The van der Waals surface area contributed by atoms with Crippen molar-refractivity contribution in [1.29, 1.82) is 0 Å². The lowest BCUT2D eigenvalue weighted by Gasteiger charge is -2.34. The number of rotatable bonds is 13. The van der Waals surface area contributed by atoms with Crippen LogP contribution in [0.4, 0.5) is 13.2 Å². The van der Waals surface area contributed by atoms with Gasteiger partial charge in [0, 0.05) is 6.54 Å². The average Bonchev–Trinajstić information content (AvgIpc) is 3.05. The molecule has 1 heterocycles. The van der Waals surface area contributed by atoms with Crippen LogP contribution in [0, 0.1) is 0 Å². The summed E-state index contributed by atoms with van der Waals surface area (Å²) < 4.78 is 89.3. The van der Waals surface area contributed by atoms with Crippen LogP contribution in [0.25, 0.3) is 0 Å². The minimum absolute atomic E-state index is 0.0159. The second-order valence-corrected chi connectivity index (χ2v) is 12.4. The zero-order valence-electron chi connectivity index (χ0n) is 25.2. The number of carboxylic acid groups (broad SMARTS) is 1. The molecule has 0 amide bonds. The second-order valence-electron chi connectivity index (χ2n) is 10.6. The predicted molar refractivity (Wildman–Crippen MR) is 159 cm³/mol. The van der Waals surface area contributed by atoms with Crippen molar-refractivity contribution in [1.82, 2.24) is 4.31 Å². The van der Waals surface area contributed by atoms with Gasteiger partial charge in [-0.25, -0.2) is 13.2 Å². The van der Waals surface area contributed by atoms with Gasteiger partial charge in [0.05, 0.1) is 24.7 Å². The van der Waals surface area contributed by atoms with E-state index in [0.717, 1.165) is 22.0 Å². The first kappa shape index (κ1) is 34.6. The van der Waals surface area contributed by atoms with Crippen molar-refractivity contribution in [2.45, 2.75) is 55.3 Å². The van der Waals surface area contributed by atoms with Crippen molar-refractivity contribution in [2.24, 2.45) is 0 Å². The van der Waals surface area contributed by atoms with Crippen LogP contribution in [0.15, 0.2) is 71.6 Å². The molecule has 10 nitrogen and oxygen atoms in total. The highest BCUT2D eigenvalue weighted by molar-refractivity contribution is 7.89. The lowest BCUT2D eigenvalue weighted by atomic mass is 10.00. The minimum atomic E-state index is -4.64. The molecule has 3 aromatic carbocycles. The first-order valence-electron chi connectivity index (χ1n) is 14.4. The van der Waals surface area contributed by atoms with Gasteiger partial charge in [0.15, 0.2) is 18.1 Å². The Balaban J connectivity index is 1.60. The first-order chi connectivity index (χ1) is 21.8. The highest BCUT2D eigenvalue weighted by Gasteiger charge is 2.40. The maximum Gasteiger partial charge on any atom is 0.416 e. The number of methoxy groups -OCH3 is 2.